The molecule has 2 N–H and O–H groups in total. The van der Waals surface area contributed by atoms with E-state index < -0.39 is 0 Å². The third-order valence-electron chi connectivity index (χ3n) is 4.49. The summed E-state index contributed by atoms with van der Waals surface area (Å²) in [6, 6.07) is 8.13. The SMILES string of the molecule is Cc1ccc(NC(=O)c2cc(NC3CCCCC3)ncn2)c(C)c1. The van der Waals surface area contributed by atoms with Gasteiger partial charge in [-0.1, -0.05) is 37.0 Å². The summed E-state index contributed by atoms with van der Waals surface area (Å²) in [7, 11) is 0. The number of carbonyl (C=O) groups excluding carboxylic acids is 1. The van der Waals surface area contributed by atoms with Gasteiger partial charge in [-0.2, -0.15) is 0 Å². The maximum atomic E-state index is 12.5. The summed E-state index contributed by atoms with van der Waals surface area (Å²) in [6.07, 6.45) is 7.58. The maximum Gasteiger partial charge on any atom is 0.274 e. The van der Waals surface area contributed by atoms with Crippen molar-refractivity contribution in [3.05, 3.63) is 47.4 Å². The van der Waals surface area contributed by atoms with Crippen LogP contribution in [-0.2, 0) is 0 Å². The predicted octanol–water partition coefficient (Wildman–Crippen LogP) is 4.09. The summed E-state index contributed by atoms with van der Waals surface area (Å²) in [6.45, 7) is 4.02. The third kappa shape index (κ3) is 4.10. The summed E-state index contributed by atoms with van der Waals surface area (Å²) in [5, 5.41) is 6.36. The highest BCUT2D eigenvalue weighted by Gasteiger charge is 2.15. The molecule has 1 amide bonds. The molecule has 1 saturated carbocycles. The van der Waals surface area contributed by atoms with Crippen LogP contribution in [0.2, 0.25) is 0 Å². The molecule has 0 aliphatic heterocycles. The van der Waals surface area contributed by atoms with Crippen molar-refractivity contribution in [3.8, 4) is 0 Å². The Morgan fingerprint density at radius 3 is 2.62 bits per heavy atom. The van der Waals surface area contributed by atoms with Crippen molar-refractivity contribution in [2.45, 2.75) is 52.0 Å². The Morgan fingerprint density at radius 1 is 1.08 bits per heavy atom. The van der Waals surface area contributed by atoms with Gasteiger partial charge >= 0.3 is 0 Å². The topological polar surface area (TPSA) is 66.9 Å². The second kappa shape index (κ2) is 7.43. The van der Waals surface area contributed by atoms with Gasteiger partial charge in [0.25, 0.3) is 5.91 Å². The number of nitrogens with zero attached hydrogens (tertiary/aromatic N) is 2. The zero-order valence-corrected chi connectivity index (χ0v) is 14.3. The fraction of sp³-hybridized carbons (Fsp3) is 0.421. The number of hydrogen-bond donors (Lipinski definition) is 2. The summed E-state index contributed by atoms with van der Waals surface area (Å²) in [5.74, 6) is 0.513. The Hall–Kier alpha value is -2.43. The number of rotatable bonds is 4. The molecular formula is C19H24N4O. The lowest BCUT2D eigenvalue weighted by Crippen LogP contribution is -2.23. The van der Waals surface area contributed by atoms with E-state index in [0.29, 0.717) is 11.7 Å². The molecule has 126 valence electrons. The fourth-order valence-corrected chi connectivity index (χ4v) is 3.16. The number of aromatic nitrogens is 2. The van der Waals surface area contributed by atoms with Gasteiger partial charge in [0.05, 0.1) is 0 Å². The Balaban J connectivity index is 1.69. The normalized spacial score (nSPS) is 15.1. The number of carbonyl (C=O) groups is 1. The minimum atomic E-state index is -0.212. The van der Waals surface area contributed by atoms with Crippen molar-refractivity contribution >= 4 is 17.4 Å². The van der Waals surface area contributed by atoms with Gasteiger partial charge in [0.2, 0.25) is 0 Å². The third-order valence-corrected chi connectivity index (χ3v) is 4.49. The van der Waals surface area contributed by atoms with E-state index in [1.165, 1.54) is 31.2 Å². The van der Waals surface area contributed by atoms with Crippen molar-refractivity contribution in [2.24, 2.45) is 0 Å². The molecular weight excluding hydrogens is 300 g/mol. The van der Waals surface area contributed by atoms with E-state index in [4.69, 9.17) is 0 Å². The lowest BCUT2D eigenvalue weighted by Gasteiger charge is -2.23. The van der Waals surface area contributed by atoms with Crippen molar-refractivity contribution in [2.75, 3.05) is 10.6 Å². The Morgan fingerprint density at radius 2 is 1.88 bits per heavy atom. The van der Waals surface area contributed by atoms with Gasteiger partial charge in [-0.3, -0.25) is 4.79 Å². The van der Waals surface area contributed by atoms with Crippen LogP contribution in [-0.4, -0.2) is 21.9 Å². The predicted molar refractivity (Wildman–Crippen MR) is 96.4 cm³/mol. The van der Waals surface area contributed by atoms with Crippen LogP contribution < -0.4 is 10.6 Å². The second-order valence-electron chi connectivity index (χ2n) is 6.54. The molecule has 1 heterocycles. The molecule has 0 atom stereocenters. The molecule has 24 heavy (non-hydrogen) atoms. The number of aryl methyl sites for hydroxylation is 2. The van der Waals surface area contributed by atoms with Crippen molar-refractivity contribution in [3.63, 3.8) is 0 Å². The van der Waals surface area contributed by atoms with E-state index in [9.17, 15) is 4.79 Å². The molecule has 5 nitrogen and oxygen atoms in total. The lowest BCUT2D eigenvalue weighted by molar-refractivity contribution is 0.102. The van der Waals surface area contributed by atoms with Crippen molar-refractivity contribution in [1.82, 2.24) is 9.97 Å². The van der Waals surface area contributed by atoms with Crippen LogP contribution in [0.1, 0.15) is 53.7 Å². The number of amides is 1. The first-order chi connectivity index (χ1) is 11.6. The molecule has 0 bridgehead atoms. The first-order valence-electron chi connectivity index (χ1n) is 8.59. The van der Waals surface area contributed by atoms with E-state index in [-0.39, 0.29) is 5.91 Å². The van der Waals surface area contributed by atoms with Crippen LogP contribution in [0.3, 0.4) is 0 Å². The lowest BCUT2D eigenvalue weighted by atomic mass is 9.95. The van der Waals surface area contributed by atoms with Gasteiger partial charge in [-0.05, 0) is 38.3 Å². The van der Waals surface area contributed by atoms with Crippen LogP contribution in [0, 0.1) is 13.8 Å². The van der Waals surface area contributed by atoms with Crippen LogP contribution in [0.15, 0.2) is 30.6 Å². The molecule has 1 aromatic carbocycles. The van der Waals surface area contributed by atoms with Crippen molar-refractivity contribution in [1.29, 1.82) is 0 Å². The molecule has 1 fully saturated rings. The smallest absolute Gasteiger partial charge is 0.274 e. The fourth-order valence-electron chi connectivity index (χ4n) is 3.16. The van der Waals surface area contributed by atoms with E-state index in [2.05, 4.69) is 20.6 Å². The zero-order valence-electron chi connectivity index (χ0n) is 14.3. The molecule has 1 aliphatic rings. The first kappa shape index (κ1) is 16.4. The largest absolute Gasteiger partial charge is 0.367 e. The number of nitrogens with one attached hydrogen (secondary N) is 2. The first-order valence-corrected chi connectivity index (χ1v) is 8.59. The quantitative estimate of drug-likeness (QED) is 0.889. The summed E-state index contributed by atoms with van der Waals surface area (Å²) < 4.78 is 0. The minimum Gasteiger partial charge on any atom is -0.367 e. The average Bonchev–Trinajstić information content (AvgIpc) is 2.58. The van der Waals surface area contributed by atoms with E-state index >= 15 is 0 Å². The van der Waals surface area contributed by atoms with Crippen LogP contribution in [0.25, 0.3) is 0 Å². The number of benzene rings is 1. The maximum absolute atomic E-state index is 12.5. The van der Waals surface area contributed by atoms with Gasteiger partial charge in [0.1, 0.15) is 17.8 Å². The van der Waals surface area contributed by atoms with Crippen LogP contribution >= 0.6 is 0 Å². The molecule has 5 heteroatoms. The van der Waals surface area contributed by atoms with Crippen LogP contribution in [0.5, 0.6) is 0 Å². The zero-order chi connectivity index (χ0) is 16.9. The van der Waals surface area contributed by atoms with Crippen molar-refractivity contribution < 1.29 is 4.79 Å². The molecule has 0 unspecified atom stereocenters. The molecule has 1 aromatic heterocycles. The van der Waals surface area contributed by atoms with E-state index in [1.54, 1.807) is 6.07 Å². The Bertz CT molecular complexity index is 723. The minimum absolute atomic E-state index is 0.212. The van der Waals surface area contributed by atoms with Crippen LogP contribution in [0.4, 0.5) is 11.5 Å². The Labute approximate surface area is 142 Å². The second-order valence-corrected chi connectivity index (χ2v) is 6.54. The van der Waals surface area contributed by atoms with Gasteiger partial charge in [-0.15, -0.1) is 0 Å². The van der Waals surface area contributed by atoms with E-state index in [0.717, 1.165) is 29.9 Å². The molecule has 1 aliphatic carbocycles. The van der Waals surface area contributed by atoms with E-state index in [1.807, 2.05) is 32.0 Å². The molecule has 3 rings (SSSR count). The summed E-state index contributed by atoms with van der Waals surface area (Å²) in [5.41, 5.74) is 3.40. The monoisotopic (exact) mass is 324 g/mol. The highest BCUT2D eigenvalue weighted by Crippen LogP contribution is 2.21. The van der Waals surface area contributed by atoms with Gasteiger partial charge in [-0.25, -0.2) is 9.97 Å². The molecule has 0 saturated heterocycles. The number of anilines is 2. The van der Waals surface area contributed by atoms with Gasteiger partial charge < -0.3 is 10.6 Å². The Kier molecular flexibility index (Phi) is 5.08. The summed E-state index contributed by atoms with van der Waals surface area (Å²) >= 11 is 0. The average molecular weight is 324 g/mol. The molecule has 0 spiro atoms. The summed E-state index contributed by atoms with van der Waals surface area (Å²) in [4.78, 5) is 20.8. The standard InChI is InChI=1S/C19H24N4O/c1-13-8-9-16(14(2)10-13)23-19(24)17-11-18(21-12-20-17)22-15-6-4-3-5-7-15/h8-12,15H,3-7H2,1-2H3,(H,23,24)(H,20,21,22). The molecule has 2 aromatic rings. The highest BCUT2D eigenvalue weighted by atomic mass is 16.1. The van der Waals surface area contributed by atoms with Gasteiger partial charge in [0.15, 0.2) is 0 Å². The van der Waals surface area contributed by atoms with Gasteiger partial charge in [0, 0.05) is 17.8 Å². The molecule has 0 radical (unpaired) electrons. The highest BCUT2D eigenvalue weighted by molar-refractivity contribution is 6.03. The number of hydrogen-bond acceptors (Lipinski definition) is 4.